The zero-order chi connectivity index (χ0) is 16.9. The zero-order valence-electron chi connectivity index (χ0n) is 13.6. The first-order valence-corrected chi connectivity index (χ1v) is 9.10. The molecule has 130 valence electrons. The molecule has 24 heavy (non-hydrogen) atoms. The fraction of sp³-hybridized carbons (Fsp3) is 0.562. The van der Waals surface area contributed by atoms with Crippen LogP contribution < -0.4 is 5.32 Å². The quantitative estimate of drug-likeness (QED) is 0.828. The predicted molar refractivity (Wildman–Crippen MR) is 89.6 cm³/mol. The van der Waals surface area contributed by atoms with Crippen LogP contribution in [-0.2, 0) is 6.54 Å². The van der Waals surface area contributed by atoms with Crippen LogP contribution in [0.2, 0.25) is 0 Å². The van der Waals surface area contributed by atoms with E-state index in [1.54, 1.807) is 12.3 Å². The molecule has 1 aliphatic rings. The lowest BCUT2D eigenvalue weighted by atomic mass is 10.1. The first-order valence-electron chi connectivity index (χ1n) is 8.22. The molecule has 1 atom stereocenters. The molecule has 1 amide bonds. The first kappa shape index (κ1) is 17.1. The summed E-state index contributed by atoms with van der Waals surface area (Å²) in [4.78, 5) is 18.8. The molecular formula is C16H22N4O3S. The van der Waals surface area contributed by atoms with Crippen molar-refractivity contribution in [2.75, 3.05) is 13.1 Å². The number of aliphatic hydroxyl groups excluding tert-OH is 1. The second kappa shape index (κ2) is 7.87. The van der Waals surface area contributed by atoms with Gasteiger partial charge in [0.1, 0.15) is 5.01 Å². The van der Waals surface area contributed by atoms with Crippen molar-refractivity contribution in [1.29, 1.82) is 0 Å². The van der Waals surface area contributed by atoms with Crippen LogP contribution >= 0.6 is 11.3 Å². The summed E-state index contributed by atoms with van der Waals surface area (Å²) in [7, 11) is 0. The van der Waals surface area contributed by atoms with Crippen LogP contribution in [-0.4, -0.2) is 45.2 Å². The first-order chi connectivity index (χ1) is 11.7. The minimum atomic E-state index is -0.249. The molecule has 0 bridgehead atoms. The number of likely N-dealkylation sites (tertiary alicyclic amines) is 1. The Kier molecular flexibility index (Phi) is 5.60. The van der Waals surface area contributed by atoms with E-state index in [1.165, 1.54) is 11.3 Å². The molecule has 3 heterocycles. The van der Waals surface area contributed by atoms with Gasteiger partial charge in [0.05, 0.1) is 18.7 Å². The van der Waals surface area contributed by atoms with Gasteiger partial charge in [-0.2, -0.15) is 0 Å². The predicted octanol–water partition coefficient (Wildman–Crippen LogP) is 1.97. The number of nitrogens with zero attached hydrogens (tertiary/aromatic N) is 3. The number of thiazole rings is 1. The maximum atomic E-state index is 12.4. The third-order valence-electron chi connectivity index (χ3n) is 4.19. The number of carbonyl (C=O) groups is 1. The number of aromatic nitrogens is 2. The summed E-state index contributed by atoms with van der Waals surface area (Å²) >= 11 is 1.52. The van der Waals surface area contributed by atoms with Crippen molar-refractivity contribution in [1.82, 2.24) is 20.4 Å². The van der Waals surface area contributed by atoms with Gasteiger partial charge in [-0.25, -0.2) is 4.98 Å². The standard InChI is InChI=1S/C16H22N4O3S/c1-2-13(16-17-5-8-24-16)18-15(22)14-9-12(23-19-14)10-20-6-3-11(21)4-7-20/h5,8-9,11,13,21H,2-4,6-7,10H2,1H3,(H,18,22)/t13-/m0/s1. The number of aliphatic hydroxyl groups is 1. The fourth-order valence-electron chi connectivity index (χ4n) is 2.77. The molecule has 2 N–H and O–H groups in total. The molecule has 0 aliphatic carbocycles. The molecule has 2 aromatic rings. The molecule has 1 fully saturated rings. The van der Waals surface area contributed by atoms with Crippen molar-refractivity contribution in [3.05, 3.63) is 34.1 Å². The Morgan fingerprint density at radius 3 is 3.00 bits per heavy atom. The van der Waals surface area contributed by atoms with E-state index in [2.05, 4.69) is 20.4 Å². The number of amides is 1. The van der Waals surface area contributed by atoms with Crippen LogP contribution in [0.5, 0.6) is 0 Å². The average Bonchev–Trinajstić information content (AvgIpc) is 3.26. The molecule has 3 rings (SSSR count). The van der Waals surface area contributed by atoms with Gasteiger partial charge in [-0.05, 0) is 19.3 Å². The molecule has 0 aromatic carbocycles. The fourth-order valence-corrected chi connectivity index (χ4v) is 3.54. The number of hydrogen-bond donors (Lipinski definition) is 2. The van der Waals surface area contributed by atoms with E-state index in [4.69, 9.17) is 4.52 Å². The highest BCUT2D eigenvalue weighted by Crippen LogP contribution is 2.20. The van der Waals surface area contributed by atoms with E-state index in [-0.39, 0.29) is 23.7 Å². The van der Waals surface area contributed by atoms with Gasteiger partial charge in [0, 0.05) is 30.7 Å². The number of nitrogens with one attached hydrogen (secondary N) is 1. The molecule has 0 unspecified atom stereocenters. The van der Waals surface area contributed by atoms with E-state index in [9.17, 15) is 9.90 Å². The van der Waals surface area contributed by atoms with Gasteiger partial charge < -0.3 is 14.9 Å². The highest BCUT2D eigenvalue weighted by Gasteiger charge is 2.21. The normalized spacial score (nSPS) is 17.8. The Morgan fingerprint density at radius 2 is 2.33 bits per heavy atom. The van der Waals surface area contributed by atoms with E-state index in [0.717, 1.165) is 37.4 Å². The van der Waals surface area contributed by atoms with Gasteiger partial charge in [-0.15, -0.1) is 11.3 Å². The van der Waals surface area contributed by atoms with Crippen LogP contribution in [0.25, 0.3) is 0 Å². The molecule has 8 heteroatoms. The van der Waals surface area contributed by atoms with Gasteiger partial charge in [0.25, 0.3) is 5.91 Å². The molecule has 0 spiro atoms. The largest absolute Gasteiger partial charge is 0.393 e. The zero-order valence-corrected chi connectivity index (χ0v) is 14.5. The van der Waals surface area contributed by atoms with Crippen molar-refractivity contribution >= 4 is 17.2 Å². The Labute approximate surface area is 144 Å². The highest BCUT2D eigenvalue weighted by molar-refractivity contribution is 7.09. The summed E-state index contributed by atoms with van der Waals surface area (Å²) < 4.78 is 5.29. The summed E-state index contributed by atoms with van der Waals surface area (Å²) in [6, 6.07) is 1.58. The third kappa shape index (κ3) is 4.19. The maximum absolute atomic E-state index is 12.4. The molecule has 2 aromatic heterocycles. The molecule has 1 saturated heterocycles. The summed E-state index contributed by atoms with van der Waals surface area (Å²) in [5, 5.41) is 19.2. The van der Waals surface area contributed by atoms with Crippen LogP contribution in [0.15, 0.2) is 22.2 Å². The van der Waals surface area contributed by atoms with Crippen molar-refractivity contribution in [3.8, 4) is 0 Å². The topological polar surface area (TPSA) is 91.5 Å². The highest BCUT2D eigenvalue weighted by atomic mass is 32.1. The Balaban J connectivity index is 1.57. The number of rotatable bonds is 6. The smallest absolute Gasteiger partial charge is 0.274 e. The number of carbonyl (C=O) groups excluding carboxylic acids is 1. The lowest BCUT2D eigenvalue weighted by Gasteiger charge is -2.28. The van der Waals surface area contributed by atoms with E-state index in [1.807, 2.05) is 12.3 Å². The Hall–Kier alpha value is -1.77. The summed E-state index contributed by atoms with van der Waals surface area (Å²) in [5.41, 5.74) is 0.289. The molecule has 7 nitrogen and oxygen atoms in total. The molecule has 1 aliphatic heterocycles. The monoisotopic (exact) mass is 350 g/mol. The lowest BCUT2D eigenvalue weighted by Crippen LogP contribution is -2.35. The van der Waals surface area contributed by atoms with Crippen LogP contribution in [0.1, 0.15) is 53.5 Å². The van der Waals surface area contributed by atoms with Gasteiger partial charge in [0.2, 0.25) is 0 Å². The molecular weight excluding hydrogens is 328 g/mol. The van der Waals surface area contributed by atoms with E-state index in [0.29, 0.717) is 12.3 Å². The lowest BCUT2D eigenvalue weighted by molar-refractivity contribution is 0.0748. The SMILES string of the molecule is CC[C@H](NC(=O)c1cc(CN2CCC(O)CC2)on1)c1nccs1. The second-order valence-corrected chi connectivity index (χ2v) is 6.92. The summed E-state index contributed by atoms with van der Waals surface area (Å²) in [6.07, 6.45) is 3.84. The van der Waals surface area contributed by atoms with Crippen LogP contribution in [0, 0.1) is 0 Å². The minimum Gasteiger partial charge on any atom is -0.393 e. The van der Waals surface area contributed by atoms with E-state index < -0.39 is 0 Å². The van der Waals surface area contributed by atoms with Crippen molar-refractivity contribution in [2.24, 2.45) is 0 Å². The molecule has 0 radical (unpaired) electrons. The average molecular weight is 350 g/mol. The van der Waals surface area contributed by atoms with Crippen molar-refractivity contribution in [3.63, 3.8) is 0 Å². The van der Waals surface area contributed by atoms with Crippen molar-refractivity contribution in [2.45, 2.75) is 44.9 Å². The number of piperidine rings is 1. The Bertz CT molecular complexity index is 650. The van der Waals surface area contributed by atoms with Crippen LogP contribution in [0.4, 0.5) is 0 Å². The van der Waals surface area contributed by atoms with Gasteiger partial charge in [-0.3, -0.25) is 9.69 Å². The molecule has 0 saturated carbocycles. The summed E-state index contributed by atoms with van der Waals surface area (Å²) in [5.74, 6) is 0.417. The van der Waals surface area contributed by atoms with Gasteiger partial charge in [0.15, 0.2) is 11.5 Å². The van der Waals surface area contributed by atoms with Crippen LogP contribution in [0.3, 0.4) is 0 Å². The third-order valence-corrected chi connectivity index (χ3v) is 5.08. The maximum Gasteiger partial charge on any atom is 0.274 e. The summed E-state index contributed by atoms with van der Waals surface area (Å²) in [6.45, 7) is 4.26. The second-order valence-electron chi connectivity index (χ2n) is 5.99. The van der Waals surface area contributed by atoms with E-state index >= 15 is 0 Å². The van der Waals surface area contributed by atoms with Crippen molar-refractivity contribution < 1.29 is 14.4 Å². The Morgan fingerprint density at radius 1 is 1.54 bits per heavy atom. The number of hydrogen-bond acceptors (Lipinski definition) is 7. The minimum absolute atomic E-state index is 0.110. The van der Waals surface area contributed by atoms with Gasteiger partial charge in [-0.1, -0.05) is 12.1 Å². The van der Waals surface area contributed by atoms with Gasteiger partial charge >= 0.3 is 0 Å².